The van der Waals surface area contributed by atoms with E-state index < -0.39 is 0 Å². The monoisotopic (exact) mass is 343 g/mol. The zero-order valence-corrected chi connectivity index (χ0v) is 14.6. The van der Waals surface area contributed by atoms with Gasteiger partial charge in [-0.2, -0.15) is 0 Å². The number of hydrogen-bond acceptors (Lipinski definition) is 2. The molecule has 1 fully saturated rings. The molecule has 0 radical (unpaired) electrons. The Balaban J connectivity index is 0.00000169. The van der Waals surface area contributed by atoms with Crippen LogP contribution in [-0.2, 0) is 18.3 Å². The summed E-state index contributed by atoms with van der Waals surface area (Å²) in [5.74, 6) is 0.228. The summed E-state index contributed by atoms with van der Waals surface area (Å²) in [6, 6.07) is 14.8. The van der Waals surface area contributed by atoms with Crippen molar-refractivity contribution in [2.45, 2.75) is 6.42 Å². The minimum absolute atomic E-state index is 0. The number of nitrogens with zero attached hydrogens (tertiary/aromatic N) is 2. The number of nitrogens with one attached hydrogen (secondary N) is 1. The van der Waals surface area contributed by atoms with Gasteiger partial charge >= 0.3 is 0 Å². The molecule has 0 spiro atoms. The average Bonchev–Trinajstić information content (AvgIpc) is 2.89. The lowest BCUT2D eigenvalue weighted by atomic mass is 10.1. The second kappa shape index (κ2) is 6.83. The van der Waals surface area contributed by atoms with Crippen molar-refractivity contribution in [2.75, 3.05) is 26.2 Å². The van der Waals surface area contributed by atoms with Gasteiger partial charge in [-0.1, -0.05) is 24.3 Å². The second-order valence-electron chi connectivity index (χ2n) is 6.24. The zero-order valence-electron chi connectivity index (χ0n) is 13.8. The smallest absolute Gasteiger partial charge is 0.227 e. The Bertz CT molecular complexity index is 881. The van der Waals surface area contributed by atoms with Crippen LogP contribution >= 0.6 is 12.4 Å². The van der Waals surface area contributed by atoms with Crippen molar-refractivity contribution < 1.29 is 4.79 Å². The summed E-state index contributed by atoms with van der Waals surface area (Å²) in [6.45, 7) is 3.42. The molecule has 1 amide bonds. The van der Waals surface area contributed by atoms with Crippen LogP contribution in [0.3, 0.4) is 0 Å². The van der Waals surface area contributed by atoms with Crippen molar-refractivity contribution in [1.29, 1.82) is 0 Å². The summed E-state index contributed by atoms with van der Waals surface area (Å²) in [5, 5.41) is 5.77. The number of benzene rings is 2. The first-order valence-corrected chi connectivity index (χ1v) is 8.18. The van der Waals surface area contributed by atoms with E-state index in [-0.39, 0.29) is 18.3 Å². The molecule has 0 bridgehead atoms. The largest absolute Gasteiger partial charge is 0.344 e. The third-order valence-corrected chi connectivity index (χ3v) is 4.80. The van der Waals surface area contributed by atoms with Gasteiger partial charge in [-0.05, 0) is 23.8 Å². The van der Waals surface area contributed by atoms with E-state index in [4.69, 9.17) is 0 Å². The van der Waals surface area contributed by atoms with Gasteiger partial charge < -0.3 is 14.8 Å². The maximum atomic E-state index is 12.5. The van der Waals surface area contributed by atoms with E-state index in [0.29, 0.717) is 6.42 Å². The number of halogens is 1. The summed E-state index contributed by atoms with van der Waals surface area (Å²) < 4.78 is 2.21. The molecule has 1 aromatic heterocycles. The van der Waals surface area contributed by atoms with E-state index in [0.717, 1.165) is 31.7 Å². The molecule has 2 aromatic carbocycles. The van der Waals surface area contributed by atoms with Gasteiger partial charge in [0.2, 0.25) is 5.91 Å². The van der Waals surface area contributed by atoms with Crippen LogP contribution in [0.25, 0.3) is 21.8 Å². The van der Waals surface area contributed by atoms with E-state index in [1.165, 1.54) is 21.8 Å². The molecule has 2 heterocycles. The van der Waals surface area contributed by atoms with Gasteiger partial charge in [-0.15, -0.1) is 12.4 Å². The highest BCUT2D eigenvalue weighted by molar-refractivity contribution is 6.08. The third kappa shape index (κ3) is 2.87. The number of aromatic nitrogens is 1. The Morgan fingerprint density at radius 2 is 1.75 bits per heavy atom. The van der Waals surface area contributed by atoms with Gasteiger partial charge in [-0.25, -0.2) is 0 Å². The van der Waals surface area contributed by atoms with Gasteiger partial charge in [0.15, 0.2) is 0 Å². The van der Waals surface area contributed by atoms with Crippen molar-refractivity contribution in [3.8, 4) is 0 Å². The number of amides is 1. The van der Waals surface area contributed by atoms with E-state index in [1.54, 1.807) is 0 Å². The summed E-state index contributed by atoms with van der Waals surface area (Å²) in [7, 11) is 2.09. The van der Waals surface area contributed by atoms with Crippen LogP contribution in [0.4, 0.5) is 0 Å². The van der Waals surface area contributed by atoms with Crippen molar-refractivity contribution in [3.63, 3.8) is 0 Å². The Labute approximate surface area is 147 Å². The van der Waals surface area contributed by atoms with Crippen LogP contribution in [0.2, 0.25) is 0 Å². The molecule has 0 unspecified atom stereocenters. The quantitative estimate of drug-likeness (QED) is 0.777. The van der Waals surface area contributed by atoms with Crippen molar-refractivity contribution in [1.82, 2.24) is 14.8 Å². The number of aryl methyl sites for hydroxylation is 1. The second-order valence-corrected chi connectivity index (χ2v) is 6.24. The van der Waals surface area contributed by atoms with Crippen LogP contribution in [0.5, 0.6) is 0 Å². The highest BCUT2D eigenvalue weighted by Crippen LogP contribution is 2.28. The molecular formula is C19H22ClN3O. The van der Waals surface area contributed by atoms with Crippen LogP contribution < -0.4 is 5.32 Å². The van der Waals surface area contributed by atoms with Gasteiger partial charge in [0.25, 0.3) is 0 Å². The number of para-hydroxylation sites is 1. The molecule has 126 valence electrons. The van der Waals surface area contributed by atoms with Crippen LogP contribution in [-0.4, -0.2) is 41.6 Å². The molecular weight excluding hydrogens is 322 g/mol. The van der Waals surface area contributed by atoms with Gasteiger partial charge in [0, 0.05) is 55.0 Å². The molecule has 3 aromatic rings. The Hall–Kier alpha value is -2.04. The molecule has 1 aliphatic heterocycles. The van der Waals surface area contributed by atoms with E-state index in [1.807, 2.05) is 4.90 Å². The molecule has 4 rings (SSSR count). The summed E-state index contributed by atoms with van der Waals surface area (Å²) in [6.07, 6.45) is 0.485. The topological polar surface area (TPSA) is 37.3 Å². The third-order valence-electron chi connectivity index (χ3n) is 4.80. The van der Waals surface area contributed by atoms with Crippen molar-refractivity contribution in [3.05, 3.63) is 48.0 Å². The van der Waals surface area contributed by atoms with Crippen molar-refractivity contribution in [2.24, 2.45) is 7.05 Å². The minimum atomic E-state index is 0. The fourth-order valence-electron chi connectivity index (χ4n) is 3.53. The first-order valence-electron chi connectivity index (χ1n) is 8.18. The normalized spacial score (nSPS) is 14.8. The fraction of sp³-hybridized carbons (Fsp3) is 0.316. The molecule has 24 heavy (non-hydrogen) atoms. The lowest BCUT2D eigenvalue weighted by Gasteiger charge is -2.27. The average molecular weight is 344 g/mol. The highest BCUT2D eigenvalue weighted by atomic mass is 35.5. The molecule has 1 aliphatic rings. The standard InChI is InChI=1S/C19H21N3O.ClH/c1-21-17-5-3-2-4-15(17)16-12-14(6-7-18(16)21)13-19(23)22-10-8-20-9-11-22;/h2-7,12,20H,8-11,13H2,1H3;1H. The van der Waals surface area contributed by atoms with Gasteiger partial charge in [0.1, 0.15) is 0 Å². The molecule has 0 aliphatic carbocycles. The molecule has 1 saturated heterocycles. The van der Waals surface area contributed by atoms with Gasteiger partial charge in [-0.3, -0.25) is 4.79 Å². The first-order chi connectivity index (χ1) is 11.2. The van der Waals surface area contributed by atoms with E-state index >= 15 is 0 Å². The van der Waals surface area contributed by atoms with E-state index in [2.05, 4.69) is 59.4 Å². The first kappa shape index (κ1) is 16.8. The molecule has 0 saturated carbocycles. The number of hydrogen-bond donors (Lipinski definition) is 1. The Kier molecular flexibility index (Phi) is 4.78. The van der Waals surface area contributed by atoms with E-state index in [9.17, 15) is 4.79 Å². The van der Waals surface area contributed by atoms with Gasteiger partial charge in [0.05, 0.1) is 6.42 Å². The molecule has 0 atom stereocenters. The molecule has 1 N–H and O–H groups in total. The highest BCUT2D eigenvalue weighted by Gasteiger charge is 2.17. The predicted molar refractivity (Wildman–Crippen MR) is 101 cm³/mol. The van der Waals surface area contributed by atoms with Crippen LogP contribution in [0.1, 0.15) is 5.56 Å². The summed E-state index contributed by atoms with van der Waals surface area (Å²) >= 11 is 0. The van der Waals surface area contributed by atoms with Crippen molar-refractivity contribution >= 4 is 40.1 Å². The SMILES string of the molecule is Cl.Cn1c2ccccc2c2cc(CC(=O)N3CCNCC3)ccc21. The number of carbonyl (C=O) groups is 1. The van der Waals surface area contributed by atoms with Crippen LogP contribution in [0.15, 0.2) is 42.5 Å². The maximum absolute atomic E-state index is 12.5. The molecule has 4 nitrogen and oxygen atoms in total. The number of fused-ring (bicyclic) bond motifs is 3. The maximum Gasteiger partial charge on any atom is 0.227 e. The predicted octanol–water partition coefficient (Wildman–Crippen LogP) is 2.73. The lowest BCUT2D eigenvalue weighted by molar-refractivity contribution is -0.131. The number of rotatable bonds is 2. The Morgan fingerprint density at radius 1 is 1.04 bits per heavy atom. The molecule has 5 heteroatoms. The number of carbonyl (C=O) groups excluding carboxylic acids is 1. The summed E-state index contributed by atoms with van der Waals surface area (Å²) in [4.78, 5) is 14.4. The number of piperazine rings is 1. The van der Waals surface area contributed by atoms with Crippen LogP contribution in [0, 0.1) is 0 Å². The fourth-order valence-corrected chi connectivity index (χ4v) is 3.53. The zero-order chi connectivity index (χ0) is 15.8. The minimum Gasteiger partial charge on any atom is -0.344 e. The Morgan fingerprint density at radius 3 is 2.54 bits per heavy atom. The lowest BCUT2D eigenvalue weighted by Crippen LogP contribution is -2.46. The summed E-state index contributed by atoms with van der Waals surface area (Å²) in [5.41, 5.74) is 3.54.